The highest BCUT2D eigenvalue weighted by molar-refractivity contribution is 7.92. The molecule has 0 aliphatic carbocycles. The summed E-state index contributed by atoms with van der Waals surface area (Å²) in [4.78, 5) is 28.8. The predicted octanol–water partition coefficient (Wildman–Crippen LogP) is 5.22. The first-order valence-electron chi connectivity index (χ1n) is 13.4. The Kier molecular flexibility index (Phi) is 10.5. The van der Waals surface area contributed by atoms with Crippen LogP contribution in [0.1, 0.15) is 43.9 Å². The quantitative estimate of drug-likeness (QED) is 0.325. The molecule has 0 aliphatic rings. The van der Waals surface area contributed by atoms with Gasteiger partial charge in [0.05, 0.1) is 10.6 Å². The van der Waals surface area contributed by atoms with E-state index in [-0.39, 0.29) is 29.0 Å². The van der Waals surface area contributed by atoms with Crippen molar-refractivity contribution in [3.05, 3.63) is 95.3 Å². The molecule has 40 heavy (non-hydrogen) atoms. The molecule has 0 saturated carbocycles. The Morgan fingerprint density at radius 1 is 0.925 bits per heavy atom. The van der Waals surface area contributed by atoms with E-state index in [1.807, 2.05) is 58.9 Å². The highest BCUT2D eigenvalue weighted by atomic mass is 32.2. The van der Waals surface area contributed by atoms with E-state index < -0.39 is 34.3 Å². The number of aryl methyl sites for hydroxylation is 2. The van der Waals surface area contributed by atoms with Crippen LogP contribution in [-0.4, -0.2) is 44.3 Å². The van der Waals surface area contributed by atoms with Crippen LogP contribution in [0.25, 0.3) is 0 Å². The van der Waals surface area contributed by atoms with Crippen LogP contribution in [0.2, 0.25) is 0 Å². The van der Waals surface area contributed by atoms with Gasteiger partial charge in [0.15, 0.2) is 0 Å². The summed E-state index contributed by atoms with van der Waals surface area (Å²) in [6.07, 6.45) is 0.336. The number of benzene rings is 3. The number of rotatable bonds is 12. The van der Waals surface area contributed by atoms with Gasteiger partial charge in [-0.1, -0.05) is 62.7 Å². The number of carbonyl (C=O) groups excluding carboxylic acids is 2. The van der Waals surface area contributed by atoms with Crippen molar-refractivity contribution in [3.8, 4) is 0 Å². The second kappa shape index (κ2) is 13.6. The number of anilines is 1. The Morgan fingerprint density at radius 3 is 2.12 bits per heavy atom. The van der Waals surface area contributed by atoms with Gasteiger partial charge in [0.2, 0.25) is 11.8 Å². The van der Waals surface area contributed by atoms with E-state index in [9.17, 15) is 22.4 Å². The van der Waals surface area contributed by atoms with E-state index in [2.05, 4.69) is 5.32 Å². The van der Waals surface area contributed by atoms with Crippen LogP contribution >= 0.6 is 0 Å². The lowest BCUT2D eigenvalue weighted by Gasteiger charge is -2.33. The number of hydrogen-bond donors (Lipinski definition) is 1. The van der Waals surface area contributed by atoms with Crippen LogP contribution in [0.15, 0.2) is 77.7 Å². The highest BCUT2D eigenvalue weighted by Gasteiger charge is 2.33. The molecular weight excluding hydrogens is 529 g/mol. The molecule has 0 aliphatic heterocycles. The maximum atomic E-state index is 14.1. The number of halogens is 1. The molecule has 3 rings (SSSR count). The van der Waals surface area contributed by atoms with Crippen LogP contribution in [0.4, 0.5) is 10.1 Å². The van der Waals surface area contributed by atoms with Crippen molar-refractivity contribution in [1.29, 1.82) is 0 Å². The number of carbonyl (C=O) groups is 2. The number of nitrogens with zero attached hydrogens (tertiary/aromatic N) is 2. The lowest BCUT2D eigenvalue weighted by molar-refractivity contribution is -0.140. The average Bonchev–Trinajstić information content (AvgIpc) is 2.92. The number of amides is 2. The fourth-order valence-electron chi connectivity index (χ4n) is 4.29. The summed E-state index contributed by atoms with van der Waals surface area (Å²) in [5, 5.41) is 2.92. The van der Waals surface area contributed by atoms with E-state index in [1.54, 1.807) is 12.1 Å². The highest BCUT2D eigenvalue weighted by Crippen LogP contribution is 2.25. The van der Waals surface area contributed by atoms with Gasteiger partial charge in [-0.25, -0.2) is 12.8 Å². The molecule has 7 nitrogen and oxygen atoms in total. The molecule has 0 radical (unpaired) electrons. The third kappa shape index (κ3) is 7.69. The molecule has 0 fully saturated rings. The Labute approximate surface area is 237 Å². The third-order valence-electron chi connectivity index (χ3n) is 6.67. The molecule has 2 amide bonds. The van der Waals surface area contributed by atoms with Crippen molar-refractivity contribution < 1.29 is 22.4 Å². The monoisotopic (exact) mass is 567 g/mol. The van der Waals surface area contributed by atoms with Gasteiger partial charge < -0.3 is 10.2 Å². The zero-order valence-electron chi connectivity index (χ0n) is 23.7. The van der Waals surface area contributed by atoms with E-state index in [4.69, 9.17) is 0 Å². The molecule has 0 aromatic heterocycles. The molecule has 214 valence electrons. The fourth-order valence-corrected chi connectivity index (χ4v) is 5.70. The van der Waals surface area contributed by atoms with Gasteiger partial charge in [0, 0.05) is 13.1 Å². The van der Waals surface area contributed by atoms with E-state index in [0.717, 1.165) is 33.1 Å². The lowest BCUT2D eigenvalue weighted by Crippen LogP contribution is -2.52. The predicted molar refractivity (Wildman–Crippen MR) is 156 cm³/mol. The molecule has 9 heteroatoms. The molecule has 1 N–H and O–H groups in total. The van der Waals surface area contributed by atoms with Gasteiger partial charge in [-0.2, -0.15) is 0 Å². The fraction of sp³-hybridized carbons (Fsp3) is 0.355. The van der Waals surface area contributed by atoms with E-state index >= 15 is 0 Å². The standard InChI is InChI=1S/C31H38FN3O4S/c1-6-29(31(37)33-19-22(2)3)34(20-25-10-8-7-9-24(25)5)30(36)21-35(27-15-13-26(32)14-16-27)40(38,39)28-17-11-23(4)12-18-28/h7-18,22,29H,6,19-21H2,1-5H3,(H,33,37)/t29-/m1/s1. The summed E-state index contributed by atoms with van der Waals surface area (Å²) in [6.45, 7) is 9.55. The van der Waals surface area contributed by atoms with Crippen LogP contribution < -0.4 is 9.62 Å². The second-order valence-corrected chi connectivity index (χ2v) is 12.2. The molecular formula is C31H38FN3O4S. The Morgan fingerprint density at radius 2 is 1.55 bits per heavy atom. The molecule has 0 spiro atoms. The zero-order chi connectivity index (χ0) is 29.4. The number of nitrogens with one attached hydrogen (secondary N) is 1. The minimum absolute atomic E-state index is 0.00222. The van der Waals surface area contributed by atoms with E-state index in [1.165, 1.54) is 29.2 Å². The molecule has 3 aromatic carbocycles. The summed E-state index contributed by atoms with van der Waals surface area (Å²) in [7, 11) is -4.20. The lowest BCUT2D eigenvalue weighted by atomic mass is 10.1. The molecule has 0 unspecified atom stereocenters. The van der Waals surface area contributed by atoms with Gasteiger partial charge in [-0.15, -0.1) is 0 Å². The Bertz CT molecular complexity index is 1410. The summed E-state index contributed by atoms with van der Waals surface area (Å²) in [5.41, 5.74) is 2.82. The van der Waals surface area contributed by atoms with E-state index in [0.29, 0.717) is 13.0 Å². The number of hydrogen-bond acceptors (Lipinski definition) is 4. The van der Waals surface area contributed by atoms with Gasteiger partial charge in [0.1, 0.15) is 18.4 Å². The van der Waals surface area contributed by atoms with Crippen molar-refractivity contribution in [2.75, 3.05) is 17.4 Å². The summed E-state index contributed by atoms with van der Waals surface area (Å²) in [5.74, 6) is -1.16. The first kappa shape index (κ1) is 30.8. The summed E-state index contributed by atoms with van der Waals surface area (Å²) in [6, 6.07) is 18.0. The molecule has 0 heterocycles. The first-order chi connectivity index (χ1) is 18.9. The normalized spacial score (nSPS) is 12.2. The summed E-state index contributed by atoms with van der Waals surface area (Å²) >= 11 is 0. The van der Waals surface area contributed by atoms with Crippen LogP contribution in [0, 0.1) is 25.6 Å². The third-order valence-corrected chi connectivity index (χ3v) is 8.46. The average molecular weight is 568 g/mol. The maximum absolute atomic E-state index is 14.1. The van der Waals surface area contributed by atoms with Crippen LogP contribution in [-0.2, 0) is 26.2 Å². The smallest absolute Gasteiger partial charge is 0.264 e. The maximum Gasteiger partial charge on any atom is 0.264 e. The van der Waals surface area contributed by atoms with Crippen molar-refractivity contribution in [2.45, 2.75) is 58.5 Å². The molecule has 1 atom stereocenters. The van der Waals surface area contributed by atoms with Gasteiger partial charge in [0.25, 0.3) is 10.0 Å². The molecule has 0 saturated heterocycles. The molecule has 3 aromatic rings. The van der Waals surface area contributed by atoms with Crippen LogP contribution in [0.5, 0.6) is 0 Å². The topological polar surface area (TPSA) is 86.8 Å². The Hall–Kier alpha value is -3.72. The zero-order valence-corrected chi connectivity index (χ0v) is 24.5. The minimum atomic E-state index is -4.20. The van der Waals surface area contributed by atoms with Crippen LogP contribution in [0.3, 0.4) is 0 Å². The van der Waals surface area contributed by atoms with Crippen molar-refractivity contribution in [1.82, 2.24) is 10.2 Å². The summed E-state index contributed by atoms with van der Waals surface area (Å²) < 4.78 is 42.4. The van der Waals surface area contributed by atoms with Gasteiger partial charge in [-0.05, 0) is 73.7 Å². The van der Waals surface area contributed by atoms with Crippen molar-refractivity contribution >= 4 is 27.5 Å². The first-order valence-corrected chi connectivity index (χ1v) is 14.8. The Balaban J connectivity index is 2.05. The van der Waals surface area contributed by atoms with Gasteiger partial charge >= 0.3 is 0 Å². The number of sulfonamides is 1. The van der Waals surface area contributed by atoms with Crippen molar-refractivity contribution in [2.24, 2.45) is 5.92 Å². The second-order valence-electron chi connectivity index (χ2n) is 10.3. The minimum Gasteiger partial charge on any atom is -0.354 e. The van der Waals surface area contributed by atoms with Crippen molar-refractivity contribution in [3.63, 3.8) is 0 Å². The van der Waals surface area contributed by atoms with Gasteiger partial charge in [-0.3, -0.25) is 13.9 Å². The molecule has 0 bridgehead atoms. The SMILES string of the molecule is CC[C@H](C(=O)NCC(C)C)N(Cc1ccccc1C)C(=O)CN(c1ccc(F)cc1)S(=O)(=O)c1ccc(C)cc1. The largest absolute Gasteiger partial charge is 0.354 e.